The predicted molar refractivity (Wildman–Crippen MR) is 61.5 cm³/mol. The van der Waals surface area contributed by atoms with Gasteiger partial charge in [0.05, 0.1) is 6.61 Å². The maximum Gasteiger partial charge on any atom is 0.293 e. The molecule has 17 heavy (non-hydrogen) atoms. The highest BCUT2D eigenvalue weighted by Gasteiger charge is 2.34. The highest BCUT2D eigenvalue weighted by molar-refractivity contribution is 5.90. The van der Waals surface area contributed by atoms with Crippen molar-refractivity contribution >= 4 is 5.91 Å². The van der Waals surface area contributed by atoms with Crippen molar-refractivity contribution in [2.45, 2.75) is 38.6 Å². The third-order valence-corrected chi connectivity index (χ3v) is 2.80. The number of aliphatic hydroxyl groups is 1. The Hall–Kier alpha value is -1.43. The first kappa shape index (κ1) is 12.0. The van der Waals surface area contributed by atoms with Gasteiger partial charge in [0, 0.05) is 19.0 Å². The normalized spacial score (nSPS) is 14.9. The fourth-order valence-electron chi connectivity index (χ4n) is 1.81. The Morgan fingerprint density at radius 2 is 2.35 bits per heavy atom. The van der Waals surface area contributed by atoms with Crippen molar-refractivity contribution in [2.24, 2.45) is 0 Å². The van der Waals surface area contributed by atoms with E-state index in [-0.39, 0.29) is 24.4 Å². The quantitative estimate of drug-likeness (QED) is 0.749. The summed E-state index contributed by atoms with van der Waals surface area (Å²) in [6.07, 6.45) is 3.78. The molecule has 0 spiro atoms. The number of aromatic nitrogens is 3. The Morgan fingerprint density at radius 3 is 2.94 bits per heavy atom. The molecule has 1 aromatic heterocycles. The Kier molecular flexibility index (Phi) is 3.73. The summed E-state index contributed by atoms with van der Waals surface area (Å²) in [4.78, 5) is 17.9. The lowest BCUT2D eigenvalue weighted by Crippen LogP contribution is -2.36. The molecular weight excluding hydrogens is 220 g/mol. The number of hydrogen-bond acceptors (Lipinski definition) is 4. The number of nitrogens with zero attached hydrogens (tertiary/aromatic N) is 3. The molecule has 6 heteroatoms. The van der Waals surface area contributed by atoms with Crippen molar-refractivity contribution < 1.29 is 9.90 Å². The first-order chi connectivity index (χ1) is 8.26. The number of aryl methyl sites for hydroxylation is 1. The molecule has 2 rings (SSSR count). The van der Waals surface area contributed by atoms with E-state index in [0.717, 1.165) is 31.5 Å². The molecule has 1 aliphatic rings. The van der Waals surface area contributed by atoms with Crippen molar-refractivity contribution in [3.8, 4) is 0 Å². The van der Waals surface area contributed by atoms with Crippen LogP contribution >= 0.6 is 0 Å². The molecule has 1 aliphatic carbocycles. The summed E-state index contributed by atoms with van der Waals surface area (Å²) < 4.78 is 0. The van der Waals surface area contributed by atoms with Gasteiger partial charge in [0.1, 0.15) is 5.82 Å². The second-order valence-corrected chi connectivity index (χ2v) is 4.31. The van der Waals surface area contributed by atoms with Crippen LogP contribution < -0.4 is 0 Å². The second-order valence-electron chi connectivity index (χ2n) is 4.31. The van der Waals surface area contributed by atoms with Crippen molar-refractivity contribution in [1.82, 2.24) is 20.1 Å². The molecule has 0 bridgehead atoms. The standard InChI is InChI=1S/C11H18N4O2/c1-2-3-9-12-10(14-13-9)11(17)15(6-7-16)8-4-5-8/h8,16H,2-7H2,1H3,(H,12,13,14). The lowest BCUT2D eigenvalue weighted by Gasteiger charge is -2.19. The van der Waals surface area contributed by atoms with E-state index in [1.807, 2.05) is 6.92 Å². The maximum atomic E-state index is 12.1. The Labute approximate surface area is 100 Å². The van der Waals surface area contributed by atoms with Crippen LogP contribution in [0.5, 0.6) is 0 Å². The molecule has 1 amide bonds. The molecule has 1 saturated carbocycles. The van der Waals surface area contributed by atoms with E-state index in [9.17, 15) is 4.79 Å². The SMILES string of the molecule is CCCc1nc(C(=O)N(CCO)C2CC2)n[nH]1. The highest BCUT2D eigenvalue weighted by Crippen LogP contribution is 2.27. The molecule has 0 atom stereocenters. The van der Waals surface area contributed by atoms with Gasteiger partial charge in [-0.2, -0.15) is 0 Å². The summed E-state index contributed by atoms with van der Waals surface area (Å²) in [6, 6.07) is 0.266. The lowest BCUT2D eigenvalue weighted by atomic mass is 10.3. The molecule has 6 nitrogen and oxygen atoms in total. The van der Waals surface area contributed by atoms with Gasteiger partial charge >= 0.3 is 0 Å². The van der Waals surface area contributed by atoms with Crippen molar-refractivity contribution in [3.63, 3.8) is 0 Å². The van der Waals surface area contributed by atoms with Gasteiger partial charge in [0.25, 0.3) is 5.91 Å². The van der Waals surface area contributed by atoms with Crippen LogP contribution in [0.25, 0.3) is 0 Å². The topological polar surface area (TPSA) is 82.1 Å². The molecule has 0 saturated heterocycles. The molecule has 2 N–H and O–H groups in total. The van der Waals surface area contributed by atoms with Crippen LogP contribution in [-0.2, 0) is 6.42 Å². The molecule has 94 valence electrons. The first-order valence-electron chi connectivity index (χ1n) is 6.09. The largest absolute Gasteiger partial charge is 0.395 e. The monoisotopic (exact) mass is 238 g/mol. The van der Waals surface area contributed by atoms with E-state index in [1.54, 1.807) is 4.90 Å². The van der Waals surface area contributed by atoms with Gasteiger partial charge in [0.15, 0.2) is 0 Å². The number of carbonyl (C=O) groups is 1. The fraction of sp³-hybridized carbons (Fsp3) is 0.727. The van der Waals surface area contributed by atoms with E-state index in [4.69, 9.17) is 5.11 Å². The van der Waals surface area contributed by atoms with Crippen LogP contribution in [0.15, 0.2) is 0 Å². The number of rotatable bonds is 6. The summed E-state index contributed by atoms with van der Waals surface area (Å²) in [6.45, 7) is 2.39. The van der Waals surface area contributed by atoms with Crippen molar-refractivity contribution in [3.05, 3.63) is 11.6 Å². The number of H-pyrrole nitrogens is 1. The molecule has 0 aromatic carbocycles. The number of aliphatic hydroxyl groups excluding tert-OH is 1. The van der Waals surface area contributed by atoms with Gasteiger partial charge < -0.3 is 10.0 Å². The van der Waals surface area contributed by atoms with Crippen molar-refractivity contribution in [2.75, 3.05) is 13.2 Å². The van der Waals surface area contributed by atoms with Crippen LogP contribution in [-0.4, -0.2) is 50.3 Å². The average molecular weight is 238 g/mol. The zero-order valence-corrected chi connectivity index (χ0v) is 10.0. The minimum absolute atomic E-state index is 0.0194. The summed E-state index contributed by atoms with van der Waals surface area (Å²) in [5.74, 6) is 0.782. The maximum absolute atomic E-state index is 12.1. The number of hydrogen-bond donors (Lipinski definition) is 2. The van der Waals surface area contributed by atoms with Crippen LogP contribution in [0, 0.1) is 0 Å². The van der Waals surface area contributed by atoms with Crippen LogP contribution in [0.2, 0.25) is 0 Å². The van der Waals surface area contributed by atoms with Crippen molar-refractivity contribution in [1.29, 1.82) is 0 Å². The fourth-order valence-corrected chi connectivity index (χ4v) is 1.81. The average Bonchev–Trinajstić information content (AvgIpc) is 3.06. The summed E-state index contributed by atoms with van der Waals surface area (Å²) in [5.41, 5.74) is 0. The van der Waals surface area contributed by atoms with E-state index in [1.165, 1.54) is 0 Å². The molecule has 1 fully saturated rings. The molecule has 0 radical (unpaired) electrons. The lowest BCUT2D eigenvalue weighted by molar-refractivity contribution is 0.0695. The van der Waals surface area contributed by atoms with E-state index in [2.05, 4.69) is 15.2 Å². The Morgan fingerprint density at radius 1 is 1.59 bits per heavy atom. The van der Waals surface area contributed by atoms with E-state index >= 15 is 0 Å². The predicted octanol–water partition coefficient (Wildman–Crippen LogP) is 0.354. The summed E-state index contributed by atoms with van der Waals surface area (Å²) in [5, 5.41) is 15.7. The zero-order valence-electron chi connectivity index (χ0n) is 10.0. The van der Waals surface area contributed by atoms with E-state index < -0.39 is 0 Å². The minimum Gasteiger partial charge on any atom is -0.395 e. The molecule has 1 heterocycles. The number of amides is 1. The smallest absolute Gasteiger partial charge is 0.293 e. The first-order valence-corrected chi connectivity index (χ1v) is 6.09. The highest BCUT2D eigenvalue weighted by atomic mass is 16.3. The number of nitrogens with one attached hydrogen (secondary N) is 1. The number of carbonyl (C=O) groups excluding carboxylic acids is 1. The van der Waals surface area contributed by atoms with Gasteiger partial charge in [-0.3, -0.25) is 9.89 Å². The van der Waals surface area contributed by atoms with Gasteiger partial charge in [-0.05, 0) is 19.3 Å². The van der Waals surface area contributed by atoms with Crippen LogP contribution in [0.3, 0.4) is 0 Å². The molecule has 0 unspecified atom stereocenters. The van der Waals surface area contributed by atoms with Gasteiger partial charge in [-0.1, -0.05) is 6.92 Å². The minimum atomic E-state index is -0.180. The zero-order chi connectivity index (χ0) is 12.3. The molecule has 0 aliphatic heterocycles. The Balaban J connectivity index is 2.05. The second kappa shape index (κ2) is 5.27. The summed E-state index contributed by atoms with van der Waals surface area (Å²) >= 11 is 0. The van der Waals surface area contributed by atoms with E-state index in [0.29, 0.717) is 6.54 Å². The van der Waals surface area contributed by atoms with Gasteiger partial charge in [-0.15, -0.1) is 5.10 Å². The Bertz CT molecular complexity index is 387. The van der Waals surface area contributed by atoms with Gasteiger partial charge in [0.2, 0.25) is 5.82 Å². The molecular formula is C11H18N4O2. The summed E-state index contributed by atoms with van der Waals surface area (Å²) in [7, 11) is 0. The van der Waals surface area contributed by atoms with Crippen LogP contribution in [0.1, 0.15) is 42.6 Å². The number of aromatic amines is 1. The van der Waals surface area contributed by atoms with Crippen LogP contribution in [0.4, 0.5) is 0 Å². The third-order valence-electron chi connectivity index (χ3n) is 2.80. The molecule has 1 aromatic rings. The third kappa shape index (κ3) is 2.82. The van der Waals surface area contributed by atoms with Gasteiger partial charge in [-0.25, -0.2) is 4.98 Å².